The van der Waals surface area contributed by atoms with E-state index >= 15 is 0 Å². The van der Waals surface area contributed by atoms with Crippen LogP contribution in [0.5, 0.6) is 0 Å². The van der Waals surface area contributed by atoms with Gasteiger partial charge in [0, 0.05) is 18.8 Å². The molecule has 1 saturated carbocycles. The molecule has 1 aliphatic rings. The second-order valence-electron chi connectivity index (χ2n) is 4.85. The van der Waals surface area contributed by atoms with Gasteiger partial charge in [-0.3, -0.25) is 4.79 Å². The standard InChI is InChI=1S/C14H20N2O/c1-10(9-11-7-8-11)16-14(17)12-5-3-4-6-13(12)15-2/h3-6,10-11,15H,7-9H2,1-2H3,(H,16,17). The maximum absolute atomic E-state index is 12.1. The summed E-state index contributed by atoms with van der Waals surface area (Å²) in [6.07, 6.45) is 3.76. The van der Waals surface area contributed by atoms with E-state index in [9.17, 15) is 4.79 Å². The van der Waals surface area contributed by atoms with Crippen LogP contribution in [0.2, 0.25) is 0 Å². The van der Waals surface area contributed by atoms with Gasteiger partial charge in [-0.15, -0.1) is 0 Å². The fourth-order valence-corrected chi connectivity index (χ4v) is 2.11. The van der Waals surface area contributed by atoms with Crippen LogP contribution < -0.4 is 10.6 Å². The highest BCUT2D eigenvalue weighted by atomic mass is 16.1. The molecule has 1 unspecified atom stereocenters. The number of nitrogens with one attached hydrogen (secondary N) is 2. The molecule has 0 aromatic heterocycles. The lowest BCUT2D eigenvalue weighted by Crippen LogP contribution is -2.33. The van der Waals surface area contributed by atoms with Gasteiger partial charge in [0.05, 0.1) is 5.56 Å². The lowest BCUT2D eigenvalue weighted by molar-refractivity contribution is 0.0938. The van der Waals surface area contributed by atoms with Crippen molar-refractivity contribution in [1.29, 1.82) is 0 Å². The molecule has 3 nitrogen and oxygen atoms in total. The molecule has 1 aromatic carbocycles. The molecule has 0 saturated heterocycles. The SMILES string of the molecule is CNc1ccccc1C(=O)NC(C)CC1CC1. The number of carbonyl (C=O) groups is 1. The molecule has 0 aliphatic heterocycles. The largest absolute Gasteiger partial charge is 0.387 e. The first kappa shape index (κ1) is 12.0. The van der Waals surface area contributed by atoms with Gasteiger partial charge in [-0.05, 0) is 31.4 Å². The number of anilines is 1. The number of carbonyl (C=O) groups excluding carboxylic acids is 1. The lowest BCUT2D eigenvalue weighted by atomic mass is 10.1. The van der Waals surface area contributed by atoms with Crippen molar-refractivity contribution >= 4 is 11.6 Å². The Bertz CT molecular complexity index is 399. The van der Waals surface area contributed by atoms with Gasteiger partial charge in [-0.1, -0.05) is 25.0 Å². The van der Waals surface area contributed by atoms with Crippen molar-refractivity contribution < 1.29 is 4.79 Å². The van der Waals surface area contributed by atoms with Gasteiger partial charge in [0.15, 0.2) is 0 Å². The first-order valence-electron chi connectivity index (χ1n) is 6.28. The van der Waals surface area contributed by atoms with Crippen molar-refractivity contribution in [2.75, 3.05) is 12.4 Å². The maximum atomic E-state index is 12.1. The highest BCUT2D eigenvalue weighted by Crippen LogP contribution is 2.33. The summed E-state index contributed by atoms with van der Waals surface area (Å²) in [5.41, 5.74) is 1.60. The summed E-state index contributed by atoms with van der Waals surface area (Å²) in [7, 11) is 1.83. The smallest absolute Gasteiger partial charge is 0.253 e. The Labute approximate surface area is 103 Å². The predicted molar refractivity (Wildman–Crippen MR) is 70.3 cm³/mol. The van der Waals surface area contributed by atoms with Gasteiger partial charge in [-0.2, -0.15) is 0 Å². The van der Waals surface area contributed by atoms with Crippen molar-refractivity contribution in [3.05, 3.63) is 29.8 Å². The van der Waals surface area contributed by atoms with Crippen LogP contribution in [0, 0.1) is 5.92 Å². The van der Waals surface area contributed by atoms with Crippen LogP contribution in [0.15, 0.2) is 24.3 Å². The normalized spacial score (nSPS) is 16.4. The average molecular weight is 232 g/mol. The molecule has 92 valence electrons. The number of benzene rings is 1. The van der Waals surface area contributed by atoms with E-state index in [4.69, 9.17) is 0 Å². The minimum atomic E-state index is 0.0168. The monoisotopic (exact) mass is 232 g/mol. The van der Waals surface area contributed by atoms with Gasteiger partial charge >= 0.3 is 0 Å². The third-order valence-corrected chi connectivity index (χ3v) is 3.20. The third-order valence-electron chi connectivity index (χ3n) is 3.20. The molecule has 0 bridgehead atoms. The van der Waals surface area contributed by atoms with E-state index in [1.165, 1.54) is 12.8 Å². The van der Waals surface area contributed by atoms with Crippen LogP contribution in [0.1, 0.15) is 36.5 Å². The quantitative estimate of drug-likeness (QED) is 0.819. The zero-order valence-electron chi connectivity index (χ0n) is 10.5. The summed E-state index contributed by atoms with van der Waals surface area (Å²) in [5.74, 6) is 0.855. The van der Waals surface area contributed by atoms with Gasteiger partial charge < -0.3 is 10.6 Å². The second kappa shape index (κ2) is 5.21. The molecule has 3 heteroatoms. The van der Waals surface area contributed by atoms with Crippen LogP contribution in [-0.4, -0.2) is 19.0 Å². The van der Waals surface area contributed by atoms with Gasteiger partial charge in [0.25, 0.3) is 5.91 Å². The molecule has 17 heavy (non-hydrogen) atoms. The maximum Gasteiger partial charge on any atom is 0.253 e. The van der Waals surface area contributed by atoms with E-state index in [0.29, 0.717) is 0 Å². The van der Waals surface area contributed by atoms with Crippen LogP contribution in [-0.2, 0) is 0 Å². The molecule has 0 spiro atoms. The number of hydrogen-bond donors (Lipinski definition) is 2. The zero-order chi connectivity index (χ0) is 12.3. The van der Waals surface area contributed by atoms with Crippen LogP contribution in [0.25, 0.3) is 0 Å². The molecule has 1 aromatic rings. The Morgan fingerprint density at radius 2 is 2.12 bits per heavy atom. The molecule has 2 rings (SSSR count). The van der Waals surface area contributed by atoms with Crippen LogP contribution in [0.3, 0.4) is 0 Å². The molecule has 1 aliphatic carbocycles. The summed E-state index contributed by atoms with van der Waals surface area (Å²) in [4.78, 5) is 12.1. The van der Waals surface area contributed by atoms with E-state index in [2.05, 4.69) is 17.6 Å². The summed E-state index contributed by atoms with van der Waals surface area (Å²) in [5, 5.41) is 6.11. The Balaban J connectivity index is 1.97. The predicted octanol–water partition coefficient (Wildman–Crippen LogP) is 2.65. The van der Waals surface area contributed by atoms with Crippen molar-refractivity contribution in [2.45, 2.75) is 32.2 Å². The first-order valence-corrected chi connectivity index (χ1v) is 6.28. The molecule has 0 radical (unpaired) electrons. The Morgan fingerprint density at radius 1 is 1.41 bits per heavy atom. The number of hydrogen-bond acceptors (Lipinski definition) is 2. The number of rotatable bonds is 5. The minimum absolute atomic E-state index is 0.0168. The summed E-state index contributed by atoms with van der Waals surface area (Å²) < 4.78 is 0. The molecular formula is C14H20N2O. The molecular weight excluding hydrogens is 212 g/mol. The highest BCUT2D eigenvalue weighted by Gasteiger charge is 2.24. The van der Waals surface area contributed by atoms with Gasteiger partial charge in [0.1, 0.15) is 0 Å². The van der Waals surface area contributed by atoms with E-state index in [1.807, 2.05) is 31.3 Å². The zero-order valence-corrected chi connectivity index (χ0v) is 10.5. The molecule has 1 fully saturated rings. The fourth-order valence-electron chi connectivity index (χ4n) is 2.11. The molecule has 1 amide bonds. The van der Waals surface area contributed by atoms with Crippen LogP contribution >= 0.6 is 0 Å². The fraction of sp³-hybridized carbons (Fsp3) is 0.500. The summed E-state index contributed by atoms with van der Waals surface area (Å²) in [6.45, 7) is 2.08. The lowest BCUT2D eigenvalue weighted by Gasteiger charge is -2.15. The third kappa shape index (κ3) is 3.22. The Kier molecular flexibility index (Phi) is 3.67. The second-order valence-corrected chi connectivity index (χ2v) is 4.85. The van der Waals surface area contributed by atoms with Gasteiger partial charge in [-0.25, -0.2) is 0 Å². The topological polar surface area (TPSA) is 41.1 Å². The van der Waals surface area contributed by atoms with E-state index in [-0.39, 0.29) is 11.9 Å². The van der Waals surface area contributed by atoms with Gasteiger partial charge in [0.2, 0.25) is 0 Å². The van der Waals surface area contributed by atoms with Crippen LogP contribution in [0.4, 0.5) is 5.69 Å². The first-order chi connectivity index (χ1) is 8.20. The molecule has 0 heterocycles. The Hall–Kier alpha value is -1.51. The number of amides is 1. The minimum Gasteiger partial charge on any atom is -0.387 e. The van der Waals surface area contributed by atoms with E-state index < -0.39 is 0 Å². The van der Waals surface area contributed by atoms with Crippen molar-refractivity contribution in [2.24, 2.45) is 5.92 Å². The van der Waals surface area contributed by atoms with E-state index in [1.54, 1.807) is 0 Å². The molecule has 2 N–H and O–H groups in total. The van der Waals surface area contributed by atoms with Crippen molar-refractivity contribution in [3.8, 4) is 0 Å². The number of para-hydroxylation sites is 1. The molecule has 1 atom stereocenters. The Morgan fingerprint density at radius 3 is 2.76 bits per heavy atom. The van der Waals surface area contributed by atoms with E-state index in [0.717, 1.165) is 23.6 Å². The van der Waals surface area contributed by atoms with Crippen molar-refractivity contribution in [1.82, 2.24) is 5.32 Å². The van der Waals surface area contributed by atoms with Crippen molar-refractivity contribution in [3.63, 3.8) is 0 Å². The summed E-state index contributed by atoms with van der Waals surface area (Å²) in [6, 6.07) is 7.85. The summed E-state index contributed by atoms with van der Waals surface area (Å²) >= 11 is 0. The average Bonchev–Trinajstić information content (AvgIpc) is 3.12. The highest BCUT2D eigenvalue weighted by molar-refractivity contribution is 5.99.